The highest BCUT2D eigenvalue weighted by atomic mass is 79.9. The lowest BCUT2D eigenvalue weighted by Gasteiger charge is -2.09. The maximum Gasteiger partial charge on any atom is 0.220 e. The van der Waals surface area contributed by atoms with E-state index in [2.05, 4.69) is 27.8 Å². The second kappa shape index (κ2) is 7.93. The van der Waals surface area contributed by atoms with Crippen molar-refractivity contribution in [2.45, 2.75) is 19.8 Å². The summed E-state index contributed by atoms with van der Waals surface area (Å²) < 4.78 is 6.28. The van der Waals surface area contributed by atoms with Gasteiger partial charge >= 0.3 is 0 Å². The summed E-state index contributed by atoms with van der Waals surface area (Å²) in [5.41, 5.74) is 1.06. The highest BCUT2D eigenvalue weighted by Crippen LogP contribution is 2.19. The number of halogens is 1. The van der Waals surface area contributed by atoms with Crippen LogP contribution in [0, 0.1) is 0 Å². The zero-order valence-electron chi connectivity index (χ0n) is 10.5. The lowest BCUT2D eigenvalue weighted by atomic mass is 10.1. The summed E-state index contributed by atoms with van der Waals surface area (Å²) in [6.07, 6.45) is 1.13. The molecule has 1 aromatic carbocycles. The van der Waals surface area contributed by atoms with Crippen molar-refractivity contribution in [2.24, 2.45) is 0 Å². The van der Waals surface area contributed by atoms with Gasteiger partial charge in [0.15, 0.2) is 0 Å². The first kappa shape index (κ1) is 14.8. The second-order valence-electron chi connectivity index (χ2n) is 3.83. The van der Waals surface area contributed by atoms with Crippen molar-refractivity contribution in [3.05, 3.63) is 40.9 Å². The van der Waals surface area contributed by atoms with E-state index in [0.29, 0.717) is 26.0 Å². The third-order valence-corrected chi connectivity index (χ3v) is 2.65. The van der Waals surface area contributed by atoms with Gasteiger partial charge in [0.25, 0.3) is 0 Å². The quantitative estimate of drug-likeness (QED) is 0.840. The van der Waals surface area contributed by atoms with E-state index in [0.717, 1.165) is 15.8 Å². The van der Waals surface area contributed by atoms with Crippen molar-refractivity contribution in [3.63, 3.8) is 0 Å². The summed E-state index contributed by atoms with van der Waals surface area (Å²) in [7, 11) is 0. The van der Waals surface area contributed by atoms with E-state index in [1.54, 1.807) is 0 Å². The first-order valence-electron chi connectivity index (χ1n) is 5.94. The molecule has 1 amide bonds. The number of ether oxygens (including phenoxy) is 1. The highest BCUT2D eigenvalue weighted by molar-refractivity contribution is 9.11. The fourth-order valence-corrected chi connectivity index (χ4v) is 1.68. The van der Waals surface area contributed by atoms with Crippen LogP contribution in [0.2, 0.25) is 0 Å². The molecule has 0 aliphatic rings. The molecule has 0 bridgehead atoms. The number of aryl methyl sites for hydroxylation is 1. The molecule has 1 rings (SSSR count). The lowest BCUT2D eigenvalue weighted by molar-refractivity contribution is -0.120. The van der Waals surface area contributed by atoms with Gasteiger partial charge in [-0.2, -0.15) is 0 Å². The van der Waals surface area contributed by atoms with Crippen molar-refractivity contribution < 1.29 is 9.53 Å². The van der Waals surface area contributed by atoms with E-state index < -0.39 is 0 Å². The molecule has 0 fully saturated rings. The Morgan fingerprint density at radius 1 is 1.44 bits per heavy atom. The second-order valence-corrected chi connectivity index (χ2v) is 4.96. The van der Waals surface area contributed by atoms with Crippen LogP contribution in [0.25, 0.3) is 0 Å². The fraction of sp³-hybridized carbons (Fsp3) is 0.357. The molecule has 1 N–H and O–H groups in total. The Kier molecular flexibility index (Phi) is 6.50. The van der Waals surface area contributed by atoms with Gasteiger partial charge in [-0.15, -0.1) is 0 Å². The molecule has 0 aliphatic heterocycles. The minimum Gasteiger partial charge on any atom is -0.494 e. The number of nitrogens with one attached hydrogen (secondary N) is 1. The Labute approximate surface area is 116 Å². The molecule has 0 unspecified atom stereocenters. The minimum absolute atomic E-state index is 0.0156. The van der Waals surface area contributed by atoms with E-state index >= 15 is 0 Å². The van der Waals surface area contributed by atoms with Crippen molar-refractivity contribution in [1.82, 2.24) is 5.32 Å². The van der Waals surface area contributed by atoms with Crippen molar-refractivity contribution in [3.8, 4) is 5.75 Å². The summed E-state index contributed by atoms with van der Waals surface area (Å²) in [6, 6.07) is 7.80. The minimum atomic E-state index is 0.0156. The lowest BCUT2D eigenvalue weighted by Crippen LogP contribution is -2.24. The molecule has 3 nitrogen and oxygen atoms in total. The Balaban J connectivity index is 2.47. The van der Waals surface area contributed by atoms with Crippen molar-refractivity contribution in [1.29, 1.82) is 0 Å². The zero-order chi connectivity index (χ0) is 13.4. The van der Waals surface area contributed by atoms with E-state index in [4.69, 9.17) is 4.74 Å². The Morgan fingerprint density at radius 2 is 2.17 bits per heavy atom. The number of amides is 1. The smallest absolute Gasteiger partial charge is 0.220 e. The van der Waals surface area contributed by atoms with Crippen LogP contribution in [-0.4, -0.2) is 19.1 Å². The average Bonchev–Trinajstić information content (AvgIpc) is 2.35. The van der Waals surface area contributed by atoms with Crippen LogP contribution in [0.5, 0.6) is 5.75 Å². The molecule has 0 saturated carbocycles. The van der Waals surface area contributed by atoms with Crippen molar-refractivity contribution >= 4 is 21.8 Å². The monoisotopic (exact) mass is 311 g/mol. The summed E-state index contributed by atoms with van der Waals surface area (Å²) in [5.74, 6) is 0.875. The Hall–Kier alpha value is -1.29. The third kappa shape index (κ3) is 5.36. The number of carbonyl (C=O) groups excluding carboxylic acids is 1. The van der Waals surface area contributed by atoms with Gasteiger partial charge in [-0.1, -0.05) is 40.7 Å². The van der Waals surface area contributed by atoms with Crippen LogP contribution in [0.3, 0.4) is 0 Å². The van der Waals surface area contributed by atoms with Crippen LogP contribution in [-0.2, 0) is 11.2 Å². The zero-order valence-corrected chi connectivity index (χ0v) is 12.1. The van der Waals surface area contributed by atoms with Crippen LogP contribution < -0.4 is 10.1 Å². The SMILES string of the molecule is C=C(Br)CNC(=O)CCc1ccccc1OCC. The molecule has 0 heterocycles. The maximum absolute atomic E-state index is 11.6. The normalized spacial score (nSPS) is 9.89. The third-order valence-electron chi connectivity index (χ3n) is 2.37. The average molecular weight is 312 g/mol. The van der Waals surface area contributed by atoms with Gasteiger partial charge in [0, 0.05) is 17.4 Å². The molecule has 0 saturated heterocycles. The molecule has 0 aliphatic carbocycles. The molecule has 0 spiro atoms. The summed E-state index contributed by atoms with van der Waals surface area (Å²) in [6.45, 7) is 6.71. The number of benzene rings is 1. The van der Waals surface area contributed by atoms with E-state index in [9.17, 15) is 4.79 Å². The van der Waals surface area contributed by atoms with Crippen LogP contribution in [0.4, 0.5) is 0 Å². The van der Waals surface area contributed by atoms with Gasteiger partial charge in [0.05, 0.1) is 6.61 Å². The molecule has 1 aromatic rings. The molecule has 18 heavy (non-hydrogen) atoms. The van der Waals surface area contributed by atoms with Crippen LogP contribution >= 0.6 is 15.9 Å². The molecule has 0 atom stereocenters. The number of rotatable bonds is 7. The number of hydrogen-bond acceptors (Lipinski definition) is 2. The van der Waals surface area contributed by atoms with Crippen molar-refractivity contribution in [2.75, 3.05) is 13.2 Å². The van der Waals surface area contributed by atoms with Gasteiger partial charge in [0.2, 0.25) is 5.91 Å². The highest BCUT2D eigenvalue weighted by Gasteiger charge is 2.06. The Morgan fingerprint density at radius 3 is 2.83 bits per heavy atom. The first-order chi connectivity index (χ1) is 8.63. The topological polar surface area (TPSA) is 38.3 Å². The van der Waals surface area contributed by atoms with Crippen LogP contribution in [0.1, 0.15) is 18.9 Å². The van der Waals surface area contributed by atoms with Gasteiger partial charge < -0.3 is 10.1 Å². The number of carbonyl (C=O) groups is 1. The molecule has 0 radical (unpaired) electrons. The maximum atomic E-state index is 11.6. The fourth-order valence-electron chi connectivity index (χ4n) is 1.54. The van der Waals surface area contributed by atoms with Gasteiger partial charge in [-0.3, -0.25) is 4.79 Å². The van der Waals surface area contributed by atoms with E-state index in [1.165, 1.54) is 0 Å². The number of hydrogen-bond donors (Lipinski definition) is 1. The Bertz CT molecular complexity index is 418. The summed E-state index contributed by atoms with van der Waals surface area (Å²) in [4.78, 5) is 11.6. The predicted molar refractivity (Wildman–Crippen MR) is 77.0 cm³/mol. The molecular formula is C14H18BrNO2. The first-order valence-corrected chi connectivity index (χ1v) is 6.73. The molecule has 4 heteroatoms. The predicted octanol–water partition coefficient (Wildman–Crippen LogP) is 3.04. The standard InChI is InChI=1S/C14H18BrNO2/c1-3-18-13-7-5-4-6-12(13)8-9-14(17)16-10-11(2)15/h4-7H,2-3,8-10H2,1H3,(H,16,17). The summed E-state index contributed by atoms with van der Waals surface area (Å²) in [5, 5.41) is 2.78. The molecule has 0 aromatic heterocycles. The summed E-state index contributed by atoms with van der Waals surface area (Å²) >= 11 is 3.20. The largest absolute Gasteiger partial charge is 0.494 e. The van der Waals surface area contributed by atoms with E-state index in [-0.39, 0.29) is 5.91 Å². The van der Waals surface area contributed by atoms with Crippen LogP contribution in [0.15, 0.2) is 35.3 Å². The van der Waals surface area contributed by atoms with Gasteiger partial charge in [-0.25, -0.2) is 0 Å². The molecular weight excluding hydrogens is 294 g/mol. The van der Waals surface area contributed by atoms with Gasteiger partial charge in [-0.05, 0) is 25.0 Å². The molecule has 98 valence electrons. The van der Waals surface area contributed by atoms with E-state index in [1.807, 2.05) is 31.2 Å². The van der Waals surface area contributed by atoms with Gasteiger partial charge in [0.1, 0.15) is 5.75 Å². The number of para-hydroxylation sites is 1.